The summed E-state index contributed by atoms with van der Waals surface area (Å²) < 4.78 is 6.35. The topological polar surface area (TPSA) is 258 Å². The van der Waals surface area contributed by atoms with Crippen LogP contribution in [0.4, 0.5) is 4.79 Å². The van der Waals surface area contributed by atoms with Crippen molar-refractivity contribution in [2.75, 3.05) is 6.54 Å². The minimum absolute atomic E-state index is 0.0424. The van der Waals surface area contributed by atoms with Gasteiger partial charge in [0, 0.05) is 63.2 Å². The molecule has 0 saturated carbocycles. The fraction of sp³-hybridized carbons (Fsp3) is 0.536. The van der Waals surface area contributed by atoms with Gasteiger partial charge in [-0.1, -0.05) is 6.92 Å². The summed E-state index contributed by atoms with van der Waals surface area (Å²) >= 11 is 0. The number of aromatic nitrogens is 4. The minimum Gasteiger partial charge on any atom is -0.480 e. The van der Waals surface area contributed by atoms with E-state index in [0.29, 0.717) is 22.9 Å². The molecule has 46 heavy (non-hydrogen) atoms. The zero-order valence-corrected chi connectivity index (χ0v) is 26.1. The van der Waals surface area contributed by atoms with Gasteiger partial charge < -0.3 is 36.0 Å². The van der Waals surface area contributed by atoms with Gasteiger partial charge in [-0.15, -0.1) is 5.06 Å². The van der Waals surface area contributed by atoms with Crippen molar-refractivity contribution in [1.29, 1.82) is 0 Å². The van der Waals surface area contributed by atoms with E-state index in [2.05, 4.69) is 25.6 Å². The van der Waals surface area contributed by atoms with E-state index in [4.69, 9.17) is 20.4 Å². The van der Waals surface area contributed by atoms with Crippen LogP contribution in [0.2, 0.25) is 0 Å². The molecular formula is C28H40N8O10. The van der Waals surface area contributed by atoms with Gasteiger partial charge >= 0.3 is 18.0 Å². The van der Waals surface area contributed by atoms with E-state index >= 15 is 0 Å². The predicted octanol–water partition coefficient (Wildman–Crippen LogP) is -0.0287. The number of H-pyrrole nitrogens is 1. The predicted molar refractivity (Wildman–Crippen MR) is 157 cm³/mol. The molecule has 18 heteroatoms. The molecule has 0 aliphatic carbocycles. The highest BCUT2D eigenvalue weighted by molar-refractivity contribution is 6.02. The van der Waals surface area contributed by atoms with Crippen molar-refractivity contribution in [1.82, 2.24) is 35.2 Å². The van der Waals surface area contributed by atoms with Gasteiger partial charge in [-0.3, -0.25) is 19.2 Å². The number of rotatable bonds is 13. The number of hydroxylamine groups is 2. The van der Waals surface area contributed by atoms with E-state index in [9.17, 15) is 33.6 Å². The van der Waals surface area contributed by atoms with Crippen LogP contribution in [0.15, 0.2) is 25.0 Å². The molecule has 1 aliphatic heterocycles. The highest BCUT2D eigenvalue weighted by atomic mass is 16.7. The molecule has 3 rings (SSSR count). The summed E-state index contributed by atoms with van der Waals surface area (Å²) in [6.45, 7) is 7.16. The van der Waals surface area contributed by atoms with Crippen LogP contribution in [0.1, 0.15) is 71.2 Å². The Morgan fingerprint density at radius 1 is 1.04 bits per heavy atom. The SMILES string of the molecule is CCCC(=O)N[C@@H](Cc1cn(C(=O)OC(C)(C)C)cn1)C(=O)ON1C(=O)CCC1=O.NCCC(=O)N[C@@H](Cc1cnc[nH]1)C(=O)O. The van der Waals surface area contributed by atoms with Gasteiger partial charge in [0.1, 0.15) is 24.0 Å². The second-order valence-corrected chi connectivity index (χ2v) is 11.1. The van der Waals surface area contributed by atoms with Gasteiger partial charge in [-0.2, -0.15) is 0 Å². The van der Waals surface area contributed by atoms with Gasteiger partial charge in [-0.05, 0) is 27.2 Å². The Kier molecular flexibility index (Phi) is 14.0. The molecule has 1 aliphatic rings. The molecule has 0 bridgehead atoms. The number of aromatic amines is 1. The Morgan fingerprint density at radius 3 is 2.22 bits per heavy atom. The summed E-state index contributed by atoms with van der Waals surface area (Å²) in [7, 11) is 0. The summed E-state index contributed by atoms with van der Waals surface area (Å²) in [5, 5.41) is 14.2. The summed E-state index contributed by atoms with van der Waals surface area (Å²) in [6.07, 6.45) is 5.75. The number of carbonyl (C=O) groups is 7. The molecule has 0 unspecified atom stereocenters. The lowest BCUT2D eigenvalue weighted by atomic mass is 10.1. The van der Waals surface area contributed by atoms with E-state index in [1.54, 1.807) is 27.7 Å². The second kappa shape index (κ2) is 17.4. The highest BCUT2D eigenvalue weighted by Crippen LogP contribution is 2.14. The van der Waals surface area contributed by atoms with Crippen LogP contribution >= 0.6 is 0 Å². The van der Waals surface area contributed by atoms with Gasteiger partial charge in [0.05, 0.1) is 12.0 Å². The summed E-state index contributed by atoms with van der Waals surface area (Å²) in [5.41, 5.74) is 5.45. The molecule has 0 radical (unpaired) electrons. The first-order chi connectivity index (χ1) is 21.6. The second-order valence-electron chi connectivity index (χ2n) is 11.1. The summed E-state index contributed by atoms with van der Waals surface area (Å²) in [5.74, 6) is -4.07. The molecule has 2 aromatic heterocycles. The highest BCUT2D eigenvalue weighted by Gasteiger charge is 2.35. The number of ether oxygens (including phenoxy) is 1. The Labute approximate surface area is 264 Å². The van der Waals surface area contributed by atoms with Crippen molar-refractivity contribution >= 4 is 41.7 Å². The number of amides is 4. The Bertz CT molecular complexity index is 1370. The largest absolute Gasteiger partial charge is 0.480 e. The fourth-order valence-corrected chi connectivity index (χ4v) is 3.80. The molecule has 6 N–H and O–H groups in total. The first-order valence-electron chi connectivity index (χ1n) is 14.5. The van der Waals surface area contributed by atoms with Crippen LogP contribution in [0, 0.1) is 0 Å². The van der Waals surface area contributed by atoms with E-state index < -0.39 is 53.4 Å². The fourth-order valence-electron chi connectivity index (χ4n) is 3.80. The third-order valence-corrected chi connectivity index (χ3v) is 5.92. The molecule has 252 valence electrons. The van der Waals surface area contributed by atoms with E-state index in [1.807, 2.05) is 0 Å². The van der Waals surface area contributed by atoms with Gasteiger partial charge in [0.2, 0.25) is 11.8 Å². The van der Waals surface area contributed by atoms with E-state index in [1.165, 1.54) is 25.0 Å². The number of aliphatic carboxylic acids is 1. The number of imidazole rings is 2. The number of hydrogen-bond donors (Lipinski definition) is 5. The molecular weight excluding hydrogens is 608 g/mol. The molecule has 3 heterocycles. The molecule has 1 fully saturated rings. The lowest BCUT2D eigenvalue weighted by Gasteiger charge is -2.20. The number of nitrogens with one attached hydrogen (secondary N) is 3. The Balaban J connectivity index is 0.000000387. The number of nitrogens with zero attached hydrogens (tertiary/aromatic N) is 4. The number of imide groups is 1. The maximum absolute atomic E-state index is 12.6. The van der Waals surface area contributed by atoms with Crippen molar-refractivity contribution in [3.63, 3.8) is 0 Å². The standard InChI is InChI=1S/C19H26N4O7.C9H14N4O3/c1-5-6-14(24)21-13(17(27)30-23-15(25)7-8-16(23)26)9-12-10-22(11-20-12)18(28)29-19(2,3)4;10-2-1-8(14)13-7(9(15)16)3-6-4-11-5-12-6/h10-11,13H,5-9H2,1-4H3,(H,21,24);4-5,7H,1-3,10H2,(H,11,12)(H,13,14)(H,15,16)/t13-;7-/m00/s1. The Morgan fingerprint density at radius 2 is 1.67 bits per heavy atom. The number of carbonyl (C=O) groups excluding carboxylic acids is 6. The number of nitrogens with two attached hydrogens (primary N) is 1. The zero-order chi connectivity index (χ0) is 34.4. The molecule has 0 aromatic carbocycles. The number of carboxylic acid groups (broad SMARTS) is 1. The van der Waals surface area contributed by atoms with Gasteiger partial charge in [0.25, 0.3) is 11.8 Å². The van der Waals surface area contributed by atoms with Crippen molar-refractivity contribution < 1.29 is 48.2 Å². The van der Waals surface area contributed by atoms with E-state index in [-0.39, 0.29) is 51.0 Å². The van der Waals surface area contributed by atoms with Crippen LogP contribution in [0.25, 0.3) is 0 Å². The Hall–Kier alpha value is -5.13. The van der Waals surface area contributed by atoms with Crippen LogP contribution in [-0.4, -0.2) is 95.6 Å². The lowest BCUT2D eigenvalue weighted by molar-refractivity contribution is -0.199. The van der Waals surface area contributed by atoms with Crippen LogP contribution in [0.5, 0.6) is 0 Å². The smallest absolute Gasteiger partial charge is 0.419 e. The first kappa shape index (κ1) is 37.1. The molecule has 2 aromatic rings. The zero-order valence-electron chi connectivity index (χ0n) is 26.1. The van der Waals surface area contributed by atoms with E-state index in [0.717, 1.165) is 4.57 Å². The van der Waals surface area contributed by atoms with Gasteiger partial charge in [-0.25, -0.2) is 28.9 Å². The maximum atomic E-state index is 12.6. The van der Waals surface area contributed by atoms with Crippen LogP contribution in [-0.2, 0) is 51.2 Å². The normalized spacial score (nSPS) is 14.1. The summed E-state index contributed by atoms with van der Waals surface area (Å²) in [6, 6.07) is -2.16. The number of carboxylic acids is 1. The molecule has 4 amide bonds. The molecule has 2 atom stereocenters. The third kappa shape index (κ3) is 12.5. The molecule has 1 saturated heterocycles. The summed E-state index contributed by atoms with van der Waals surface area (Å²) in [4.78, 5) is 97.7. The van der Waals surface area contributed by atoms with Crippen molar-refractivity contribution in [3.05, 3.63) is 36.4 Å². The monoisotopic (exact) mass is 648 g/mol. The third-order valence-electron chi connectivity index (χ3n) is 5.92. The lowest BCUT2D eigenvalue weighted by Crippen LogP contribution is -2.46. The van der Waals surface area contributed by atoms with Crippen molar-refractivity contribution in [3.8, 4) is 0 Å². The average molecular weight is 649 g/mol. The minimum atomic E-state index is -1.20. The van der Waals surface area contributed by atoms with Crippen molar-refractivity contribution in [2.45, 2.75) is 90.3 Å². The van der Waals surface area contributed by atoms with Crippen LogP contribution < -0.4 is 16.4 Å². The maximum Gasteiger partial charge on any atom is 0.419 e. The van der Waals surface area contributed by atoms with Crippen LogP contribution in [0.3, 0.4) is 0 Å². The van der Waals surface area contributed by atoms with Gasteiger partial charge in [0.15, 0.2) is 0 Å². The molecule has 18 nitrogen and oxygen atoms in total. The average Bonchev–Trinajstić information content (AvgIpc) is 3.71. The first-order valence-corrected chi connectivity index (χ1v) is 14.5. The molecule has 0 spiro atoms. The van der Waals surface area contributed by atoms with Crippen molar-refractivity contribution in [2.24, 2.45) is 5.73 Å². The number of hydrogen-bond acceptors (Lipinski definition) is 12. The quantitative estimate of drug-likeness (QED) is 0.179.